The highest BCUT2D eigenvalue weighted by molar-refractivity contribution is 7.99. The molecule has 0 atom stereocenters. The van der Waals surface area contributed by atoms with Crippen molar-refractivity contribution in [2.45, 2.75) is 50.2 Å². The van der Waals surface area contributed by atoms with Crippen LogP contribution in [0.25, 0.3) is 22.7 Å². The van der Waals surface area contributed by atoms with Gasteiger partial charge >= 0.3 is 0 Å². The third-order valence-corrected chi connectivity index (χ3v) is 6.82. The first-order valence-electron chi connectivity index (χ1n) is 11.0. The van der Waals surface area contributed by atoms with Crippen molar-refractivity contribution in [2.75, 3.05) is 11.5 Å². The summed E-state index contributed by atoms with van der Waals surface area (Å²) in [6, 6.07) is 14.3. The van der Waals surface area contributed by atoms with Crippen LogP contribution in [-0.2, 0) is 13.0 Å². The van der Waals surface area contributed by atoms with Gasteiger partial charge in [-0.25, -0.2) is 15.0 Å². The second-order valence-corrected chi connectivity index (χ2v) is 9.24. The van der Waals surface area contributed by atoms with Crippen LogP contribution in [-0.4, -0.2) is 25.3 Å². The van der Waals surface area contributed by atoms with E-state index >= 15 is 0 Å². The fraction of sp³-hybridized carbons (Fsp3) is 0.375. The second-order valence-electron chi connectivity index (χ2n) is 8.18. The number of anilines is 1. The smallest absolute Gasteiger partial charge is 0.191 e. The third kappa shape index (κ3) is 4.46. The van der Waals surface area contributed by atoms with Crippen molar-refractivity contribution in [2.24, 2.45) is 5.92 Å². The van der Waals surface area contributed by atoms with Gasteiger partial charge in [-0.05, 0) is 42.9 Å². The standard InChI is InChI=1S/C24H27N5OS/c25-21-20-23(28-24(27-21)31-15-13-17-8-3-1-4-9-17)29(16-18-10-5-2-6-11-18)22(26-20)19-12-7-14-30-19/h1,3-4,7-9,12,14,18H,2,5-6,10-11,13,15-16H2,(H2,25,27,28). The van der Waals surface area contributed by atoms with Crippen molar-refractivity contribution >= 4 is 28.7 Å². The molecule has 1 saturated carbocycles. The van der Waals surface area contributed by atoms with Gasteiger partial charge in [-0.2, -0.15) is 0 Å². The maximum Gasteiger partial charge on any atom is 0.191 e. The first-order chi connectivity index (χ1) is 15.3. The van der Waals surface area contributed by atoms with Crippen LogP contribution in [0, 0.1) is 5.92 Å². The average molecular weight is 434 g/mol. The zero-order valence-electron chi connectivity index (χ0n) is 17.5. The molecule has 5 rings (SSSR count). The molecule has 31 heavy (non-hydrogen) atoms. The van der Waals surface area contributed by atoms with Crippen molar-refractivity contribution in [1.29, 1.82) is 0 Å². The Morgan fingerprint density at radius 1 is 1.00 bits per heavy atom. The lowest BCUT2D eigenvalue weighted by molar-refractivity contribution is 0.322. The molecule has 3 heterocycles. The molecular formula is C24H27N5OS. The summed E-state index contributed by atoms with van der Waals surface area (Å²) in [6.45, 7) is 0.886. The Morgan fingerprint density at radius 3 is 2.61 bits per heavy atom. The first-order valence-corrected chi connectivity index (χ1v) is 12.0. The number of fused-ring (bicyclic) bond motifs is 1. The molecule has 1 aliphatic carbocycles. The molecule has 0 bridgehead atoms. The van der Waals surface area contributed by atoms with Gasteiger partial charge in [0.2, 0.25) is 0 Å². The summed E-state index contributed by atoms with van der Waals surface area (Å²) in [6.07, 6.45) is 9.07. The molecule has 4 aromatic rings. The van der Waals surface area contributed by atoms with Crippen LogP contribution in [0.2, 0.25) is 0 Å². The quantitative estimate of drug-likeness (QED) is 0.302. The summed E-state index contributed by atoms with van der Waals surface area (Å²) in [5.41, 5.74) is 9.12. The number of aromatic nitrogens is 4. The minimum atomic E-state index is 0.433. The van der Waals surface area contributed by atoms with E-state index in [1.807, 2.05) is 18.2 Å². The molecular weight excluding hydrogens is 406 g/mol. The predicted molar refractivity (Wildman–Crippen MR) is 125 cm³/mol. The number of imidazole rings is 1. The van der Waals surface area contributed by atoms with E-state index in [0.717, 1.165) is 36.0 Å². The third-order valence-electron chi connectivity index (χ3n) is 5.97. The van der Waals surface area contributed by atoms with E-state index < -0.39 is 0 Å². The second kappa shape index (κ2) is 9.14. The van der Waals surface area contributed by atoms with Gasteiger partial charge < -0.3 is 14.7 Å². The number of furan rings is 1. The molecule has 1 aromatic carbocycles. The molecule has 0 spiro atoms. The lowest BCUT2D eigenvalue weighted by atomic mass is 9.89. The first kappa shape index (κ1) is 20.1. The number of rotatable bonds is 7. The molecule has 0 radical (unpaired) electrons. The number of hydrogen-bond donors (Lipinski definition) is 1. The summed E-state index contributed by atoms with van der Waals surface area (Å²) in [5, 5.41) is 0.705. The number of nitrogens with zero attached hydrogens (tertiary/aromatic N) is 4. The van der Waals surface area contributed by atoms with Crippen LogP contribution in [0.15, 0.2) is 58.3 Å². The van der Waals surface area contributed by atoms with Crippen LogP contribution >= 0.6 is 11.8 Å². The van der Waals surface area contributed by atoms with Gasteiger partial charge in [-0.3, -0.25) is 0 Å². The highest BCUT2D eigenvalue weighted by Crippen LogP contribution is 2.32. The van der Waals surface area contributed by atoms with E-state index in [4.69, 9.17) is 20.1 Å². The minimum absolute atomic E-state index is 0.433. The molecule has 160 valence electrons. The highest BCUT2D eigenvalue weighted by atomic mass is 32.2. The summed E-state index contributed by atoms with van der Waals surface area (Å²) in [7, 11) is 0. The van der Waals surface area contributed by atoms with Gasteiger partial charge in [-0.15, -0.1) is 0 Å². The molecule has 0 saturated heterocycles. The lowest BCUT2D eigenvalue weighted by Crippen LogP contribution is -2.15. The Hall–Kier alpha value is -2.80. The Kier molecular flexibility index (Phi) is 5.93. The van der Waals surface area contributed by atoms with Crippen molar-refractivity contribution in [3.63, 3.8) is 0 Å². The summed E-state index contributed by atoms with van der Waals surface area (Å²) in [5.74, 6) is 3.49. The van der Waals surface area contributed by atoms with E-state index in [1.54, 1.807) is 18.0 Å². The maximum atomic E-state index is 6.34. The van der Waals surface area contributed by atoms with Crippen molar-refractivity contribution in [3.05, 3.63) is 54.3 Å². The van der Waals surface area contributed by atoms with Crippen molar-refractivity contribution < 1.29 is 4.42 Å². The maximum absolute atomic E-state index is 6.34. The number of aryl methyl sites for hydroxylation is 1. The number of benzene rings is 1. The number of thioether (sulfide) groups is 1. The molecule has 2 N–H and O–H groups in total. The summed E-state index contributed by atoms with van der Waals surface area (Å²) in [4.78, 5) is 14.2. The number of nitrogens with two attached hydrogens (primary N) is 1. The molecule has 0 unspecified atom stereocenters. The van der Waals surface area contributed by atoms with Gasteiger partial charge in [0.25, 0.3) is 0 Å². The fourth-order valence-electron chi connectivity index (χ4n) is 4.37. The SMILES string of the molecule is Nc1nc(SCCc2ccccc2)nc2c1nc(-c1ccco1)n2CC1CCCCC1. The fourth-order valence-corrected chi connectivity index (χ4v) is 5.20. The van der Waals surface area contributed by atoms with Crippen molar-refractivity contribution in [1.82, 2.24) is 19.5 Å². The summed E-state index contributed by atoms with van der Waals surface area (Å²) >= 11 is 1.64. The molecule has 7 heteroatoms. The van der Waals surface area contributed by atoms with Crippen LogP contribution in [0.3, 0.4) is 0 Å². The topological polar surface area (TPSA) is 82.8 Å². The van der Waals surface area contributed by atoms with E-state index in [0.29, 0.717) is 22.4 Å². The molecule has 6 nitrogen and oxygen atoms in total. The Morgan fingerprint density at radius 2 is 1.84 bits per heavy atom. The van der Waals surface area contributed by atoms with Gasteiger partial charge in [0.15, 0.2) is 33.7 Å². The zero-order valence-corrected chi connectivity index (χ0v) is 18.4. The Balaban J connectivity index is 1.46. The number of nitrogen functional groups attached to an aromatic ring is 1. The van der Waals surface area contributed by atoms with E-state index in [9.17, 15) is 0 Å². The van der Waals surface area contributed by atoms with Crippen LogP contribution in [0.4, 0.5) is 5.82 Å². The largest absolute Gasteiger partial charge is 0.461 e. The van der Waals surface area contributed by atoms with Crippen molar-refractivity contribution in [3.8, 4) is 11.6 Å². The highest BCUT2D eigenvalue weighted by Gasteiger charge is 2.23. The minimum Gasteiger partial charge on any atom is -0.461 e. The lowest BCUT2D eigenvalue weighted by Gasteiger charge is -2.22. The monoisotopic (exact) mass is 433 g/mol. The van der Waals surface area contributed by atoms with E-state index in [-0.39, 0.29) is 0 Å². The molecule has 1 aliphatic rings. The molecule has 3 aromatic heterocycles. The van der Waals surface area contributed by atoms with Gasteiger partial charge in [0.05, 0.1) is 6.26 Å². The van der Waals surface area contributed by atoms with E-state index in [2.05, 4.69) is 33.8 Å². The molecule has 1 fully saturated rings. The van der Waals surface area contributed by atoms with Gasteiger partial charge in [0.1, 0.15) is 0 Å². The normalized spacial score (nSPS) is 15.0. The van der Waals surface area contributed by atoms with Crippen LogP contribution in [0.1, 0.15) is 37.7 Å². The predicted octanol–water partition coefficient (Wildman–Crippen LogP) is 5.58. The Labute approximate surface area is 186 Å². The van der Waals surface area contributed by atoms with Crippen LogP contribution < -0.4 is 5.73 Å². The summed E-state index contributed by atoms with van der Waals surface area (Å²) < 4.78 is 7.88. The van der Waals surface area contributed by atoms with E-state index in [1.165, 1.54) is 37.7 Å². The van der Waals surface area contributed by atoms with Gasteiger partial charge in [0, 0.05) is 12.3 Å². The van der Waals surface area contributed by atoms with Crippen LogP contribution in [0.5, 0.6) is 0 Å². The molecule has 0 aliphatic heterocycles. The zero-order chi connectivity index (χ0) is 21.0. The Bertz CT molecular complexity index is 1130. The number of hydrogen-bond acceptors (Lipinski definition) is 6. The molecule has 0 amide bonds. The van der Waals surface area contributed by atoms with Gasteiger partial charge in [-0.1, -0.05) is 61.4 Å². The average Bonchev–Trinajstić information content (AvgIpc) is 3.44.